The molecule has 8 heteroatoms. The highest BCUT2D eigenvalue weighted by Crippen LogP contribution is 2.40. The maximum Gasteiger partial charge on any atom is 0.498 e. The Kier molecular flexibility index (Phi) is 5.41. The summed E-state index contributed by atoms with van der Waals surface area (Å²) in [5.74, 6) is 1.42. The first-order valence-electron chi connectivity index (χ1n) is 11.1. The Labute approximate surface area is 192 Å². The molecule has 2 aliphatic heterocycles. The third-order valence-electron chi connectivity index (χ3n) is 7.59. The van der Waals surface area contributed by atoms with Crippen LogP contribution in [0.3, 0.4) is 0 Å². The zero-order chi connectivity index (χ0) is 23.7. The third-order valence-corrected chi connectivity index (χ3v) is 7.59. The van der Waals surface area contributed by atoms with E-state index in [1.807, 2.05) is 79.7 Å². The van der Waals surface area contributed by atoms with Crippen molar-refractivity contribution in [1.82, 2.24) is 0 Å². The molecule has 0 aliphatic carbocycles. The number of methoxy groups -OCH3 is 2. The number of hydrogen-bond acceptors (Lipinski definition) is 6. The predicted molar refractivity (Wildman–Crippen MR) is 128 cm³/mol. The standard InChI is InChI=1S/C24H34B2O6/c1-21(2)22(3,4)30-25(29-21)17-13-11-16-15(19(17)27-9)12-14-18(20(16)28-10)26-31-23(5,6)24(7,8)32-26/h11-14H,1-10H3. The van der Waals surface area contributed by atoms with Gasteiger partial charge < -0.3 is 28.1 Å². The molecule has 0 saturated carbocycles. The van der Waals surface area contributed by atoms with Crippen LogP contribution in [0.4, 0.5) is 0 Å². The zero-order valence-corrected chi connectivity index (χ0v) is 20.9. The summed E-state index contributed by atoms with van der Waals surface area (Å²) >= 11 is 0. The highest BCUT2D eigenvalue weighted by Gasteiger charge is 2.54. The van der Waals surface area contributed by atoms with Crippen LogP contribution in [0.25, 0.3) is 10.8 Å². The molecule has 0 N–H and O–H groups in total. The van der Waals surface area contributed by atoms with E-state index in [2.05, 4.69) is 0 Å². The van der Waals surface area contributed by atoms with Crippen molar-refractivity contribution in [1.29, 1.82) is 0 Å². The smallest absolute Gasteiger partial charge is 0.496 e. The van der Waals surface area contributed by atoms with Crippen molar-refractivity contribution in [2.45, 2.75) is 77.8 Å². The van der Waals surface area contributed by atoms with Gasteiger partial charge in [0.2, 0.25) is 0 Å². The van der Waals surface area contributed by atoms with Crippen LogP contribution in [-0.2, 0) is 18.6 Å². The molecule has 0 spiro atoms. The minimum atomic E-state index is -0.520. The summed E-state index contributed by atoms with van der Waals surface area (Å²) in [4.78, 5) is 0. The molecule has 32 heavy (non-hydrogen) atoms. The Morgan fingerprint density at radius 2 is 0.812 bits per heavy atom. The molecule has 0 atom stereocenters. The summed E-state index contributed by atoms with van der Waals surface area (Å²) in [6.07, 6.45) is 0. The average Bonchev–Trinajstić information content (AvgIpc) is 3.05. The molecular formula is C24H34B2O6. The molecule has 2 aromatic rings. The van der Waals surface area contributed by atoms with Gasteiger partial charge in [-0.25, -0.2) is 0 Å². The highest BCUT2D eigenvalue weighted by molar-refractivity contribution is 6.64. The lowest BCUT2D eigenvalue weighted by atomic mass is 9.74. The van der Waals surface area contributed by atoms with Crippen molar-refractivity contribution in [2.24, 2.45) is 0 Å². The Morgan fingerprint density at radius 1 is 0.531 bits per heavy atom. The van der Waals surface area contributed by atoms with Gasteiger partial charge in [0, 0.05) is 21.7 Å². The van der Waals surface area contributed by atoms with E-state index >= 15 is 0 Å². The van der Waals surface area contributed by atoms with E-state index in [0.29, 0.717) is 11.5 Å². The lowest BCUT2D eigenvalue weighted by molar-refractivity contribution is 0.00578. The number of rotatable bonds is 4. The molecule has 0 aromatic heterocycles. The lowest BCUT2D eigenvalue weighted by Gasteiger charge is -2.32. The van der Waals surface area contributed by atoms with Gasteiger partial charge in [-0.1, -0.05) is 24.3 Å². The van der Waals surface area contributed by atoms with Crippen LogP contribution in [0, 0.1) is 0 Å². The molecule has 172 valence electrons. The molecule has 0 bridgehead atoms. The second-order valence-corrected chi connectivity index (χ2v) is 10.6. The lowest BCUT2D eigenvalue weighted by Crippen LogP contribution is -2.41. The summed E-state index contributed by atoms with van der Waals surface area (Å²) in [7, 11) is 2.29. The topological polar surface area (TPSA) is 55.4 Å². The molecule has 4 rings (SSSR count). The van der Waals surface area contributed by atoms with Gasteiger partial charge in [-0.3, -0.25) is 0 Å². The summed E-state index contributed by atoms with van der Waals surface area (Å²) < 4.78 is 36.8. The molecule has 2 saturated heterocycles. The van der Waals surface area contributed by atoms with E-state index in [0.717, 1.165) is 21.7 Å². The summed E-state index contributed by atoms with van der Waals surface area (Å²) in [5, 5.41) is 1.83. The Morgan fingerprint density at radius 3 is 1.06 bits per heavy atom. The fourth-order valence-electron chi connectivity index (χ4n) is 4.15. The second kappa shape index (κ2) is 7.39. The van der Waals surface area contributed by atoms with Gasteiger partial charge in [0.25, 0.3) is 0 Å². The highest BCUT2D eigenvalue weighted by atomic mass is 16.7. The molecule has 0 radical (unpaired) electrons. The quantitative estimate of drug-likeness (QED) is 0.680. The third kappa shape index (κ3) is 3.43. The van der Waals surface area contributed by atoms with Gasteiger partial charge in [-0.15, -0.1) is 0 Å². The minimum absolute atomic E-state index is 0.435. The molecule has 0 unspecified atom stereocenters. The fourth-order valence-corrected chi connectivity index (χ4v) is 4.15. The van der Waals surface area contributed by atoms with Crippen molar-refractivity contribution in [3.63, 3.8) is 0 Å². The maximum absolute atomic E-state index is 6.28. The largest absolute Gasteiger partial charge is 0.498 e. The summed E-state index contributed by atoms with van der Waals surface area (Å²) in [5.41, 5.74) is -0.0363. The van der Waals surface area contributed by atoms with Crippen molar-refractivity contribution >= 4 is 35.9 Å². The van der Waals surface area contributed by atoms with E-state index in [4.69, 9.17) is 28.1 Å². The van der Waals surface area contributed by atoms with Gasteiger partial charge in [0.05, 0.1) is 36.6 Å². The van der Waals surface area contributed by atoms with Gasteiger partial charge in [-0.05, 0) is 55.4 Å². The second-order valence-electron chi connectivity index (χ2n) is 10.6. The Hall–Kier alpha value is -1.73. The molecule has 2 aromatic carbocycles. The number of fused-ring (bicyclic) bond motifs is 1. The molecule has 2 aliphatic rings. The monoisotopic (exact) mass is 440 g/mol. The number of ether oxygens (including phenoxy) is 2. The molecular weight excluding hydrogens is 406 g/mol. The van der Waals surface area contributed by atoms with Gasteiger partial charge in [0.1, 0.15) is 11.5 Å². The van der Waals surface area contributed by atoms with E-state index in [1.165, 1.54) is 0 Å². The first-order chi connectivity index (χ1) is 14.7. The van der Waals surface area contributed by atoms with Gasteiger partial charge in [0.15, 0.2) is 0 Å². The fraction of sp³-hybridized carbons (Fsp3) is 0.583. The maximum atomic E-state index is 6.28. The van der Waals surface area contributed by atoms with Gasteiger partial charge in [-0.2, -0.15) is 0 Å². The zero-order valence-electron chi connectivity index (χ0n) is 20.9. The Bertz CT molecular complexity index is 931. The predicted octanol–water partition coefficient (Wildman–Crippen LogP) is 3.46. The summed E-state index contributed by atoms with van der Waals surface area (Å²) in [6, 6.07) is 8.01. The van der Waals surface area contributed by atoms with Crippen LogP contribution in [0.5, 0.6) is 11.5 Å². The van der Waals surface area contributed by atoms with Crippen molar-refractivity contribution < 1.29 is 28.1 Å². The van der Waals surface area contributed by atoms with Crippen molar-refractivity contribution in [3.8, 4) is 11.5 Å². The first-order valence-corrected chi connectivity index (χ1v) is 11.1. The molecule has 0 amide bonds. The van der Waals surface area contributed by atoms with Gasteiger partial charge >= 0.3 is 14.2 Å². The van der Waals surface area contributed by atoms with Crippen LogP contribution in [0.2, 0.25) is 0 Å². The van der Waals surface area contributed by atoms with Crippen molar-refractivity contribution in [2.75, 3.05) is 14.2 Å². The molecule has 2 heterocycles. The average molecular weight is 440 g/mol. The summed E-state index contributed by atoms with van der Waals surface area (Å²) in [6.45, 7) is 16.3. The van der Waals surface area contributed by atoms with E-state index in [1.54, 1.807) is 14.2 Å². The Balaban J connectivity index is 1.80. The number of benzene rings is 2. The molecule has 6 nitrogen and oxygen atoms in total. The van der Waals surface area contributed by atoms with Crippen LogP contribution in [0.15, 0.2) is 24.3 Å². The SMILES string of the molecule is COc1c(B2OC(C)(C)C(C)(C)O2)ccc2c(OC)c(B3OC(C)(C)C(C)(C)O3)ccc12. The van der Waals surface area contributed by atoms with E-state index < -0.39 is 36.6 Å². The molecule has 2 fully saturated rings. The van der Waals surface area contributed by atoms with Crippen molar-refractivity contribution in [3.05, 3.63) is 24.3 Å². The number of hydrogen-bond donors (Lipinski definition) is 0. The normalized spacial score (nSPS) is 23.1. The first kappa shape index (κ1) is 23.4. The minimum Gasteiger partial charge on any atom is -0.496 e. The van der Waals surface area contributed by atoms with E-state index in [-0.39, 0.29) is 0 Å². The van der Waals surface area contributed by atoms with Crippen LogP contribution < -0.4 is 20.4 Å². The van der Waals surface area contributed by atoms with Crippen LogP contribution >= 0.6 is 0 Å². The van der Waals surface area contributed by atoms with Crippen LogP contribution in [-0.4, -0.2) is 50.9 Å². The van der Waals surface area contributed by atoms with Crippen LogP contribution in [0.1, 0.15) is 55.4 Å². The van der Waals surface area contributed by atoms with E-state index in [9.17, 15) is 0 Å².